The van der Waals surface area contributed by atoms with Crippen LogP contribution in [0.2, 0.25) is 0 Å². The Morgan fingerprint density at radius 3 is 2.57 bits per heavy atom. The Morgan fingerprint density at radius 2 is 1.93 bits per heavy atom. The Kier molecular flexibility index (Phi) is 5.57. The van der Waals surface area contributed by atoms with Gasteiger partial charge in [-0.05, 0) is 45.6 Å². The molecule has 0 aromatic carbocycles. The average Bonchev–Trinajstić information content (AvgIpc) is 3.41. The van der Waals surface area contributed by atoms with E-state index in [4.69, 9.17) is 0 Å². The number of hydrogen-bond acceptors (Lipinski definition) is 5. The van der Waals surface area contributed by atoms with E-state index in [0.29, 0.717) is 38.0 Å². The smallest absolute Gasteiger partial charge is 0.325 e. The number of urea groups is 1. The quantitative estimate of drug-likeness (QED) is 0.705. The highest BCUT2D eigenvalue weighted by molar-refractivity contribution is 6.07. The summed E-state index contributed by atoms with van der Waals surface area (Å²) < 4.78 is 0. The van der Waals surface area contributed by atoms with Crippen LogP contribution in [0.4, 0.5) is 4.79 Å². The number of rotatable bonds is 5. The fraction of sp³-hybridized carbons (Fsp3) is 0.714. The molecule has 1 aromatic rings. The number of carbonyl (C=O) groups is 3. The summed E-state index contributed by atoms with van der Waals surface area (Å²) in [6.45, 7) is 9.61. The fourth-order valence-electron chi connectivity index (χ4n) is 5.06. The van der Waals surface area contributed by atoms with Crippen LogP contribution < -0.4 is 5.32 Å². The van der Waals surface area contributed by atoms with Crippen molar-refractivity contribution in [1.29, 1.82) is 0 Å². The molecule has 3 aliphatic heterocycles. The summed E-state index contributed by atoms with van der Waals surface area (Å²) in [6, 6.07) is -0.591. The van der Waals surface area contributed by atoms with Gasteiger partial charge in [0.05, 0.1) is 6.04 Å². The lowest BCUT2D eigenvalue weighted by Gasteiger charge is -2.37. The van der Waals surface area contributed by atoms with E-state index in [0.717, 1.165) is 43.7 Å². The Morgan fingerprint density at radius 1 is 1.20 bits per heavy atom. The van der Waals surface area contributed by atoms with Crippen LogP contribution in [-0.4, -0.2) is 87.0 Å². The number of imide groups is 1. The van der Waals surface area contributed by atoms with E-state index >= 15 is 0 Å². The Bertz CT molecular complexity index is 842. The maximum Gasteiger partial charge on any atom is 0.325 e. The van der Waals surface area contributed by atoms with Crippen molar-refractivity contribution in [3.63, 3.8) is 0 Å². The minimum Gasteiger partial charge on any atom is -0.335 e. The van der Waals surface area contributed by atoms with Gasteiger partial charge in [0.25, 0.3) is 11.8 Å². The van der Waals surface area contributed by atoms with Crippen LogP contribution in [0.1, 0.15) is 61.3 Å². The van der Waals surface area contributed by atoms with Gasteiger partial charge in [-0.15, -0.1) is 0 Å². The van der Waals surface area contributed by atoms with E-state index in [9.17, 15) is 14.4 Å². The van der Waals surface area contributed by atoms with Crippen molar-refractivity contribution in [3.05, 3.63) is 17.0 Å². The highest BCUT2D eigenvalue weighted by Gasteiger charge is 2.55. The summed E-state index contributed by atoms with van der Waals surface area (Å²) in [5.41, 5.74) is 1.50. The molecule has 3 saturated heterocycles. The molecule has 0 aliphatic carbocycles. The lowest BCUT2D eigenvalue weighted by molar-refractivity contribution is -0.134. The zero-order chi connectivity index (χ0) is 21.5. The molecule has 1 atom stereocenters. The van der Waals surface area contributed by atoms with E-state index in [1.165, 1.54) is 4.90 Å². The van der Waals surface area contributed by atoms with Crippen LogP contribution >= 0.6 is 0 Å². The van der Waals surface area contributed by atoms with Crippen molar-refractivity contribution >= 4 is 17.8 Å². The highest BCUT2D eigenvalue weighted by Crippen LogP contribution is 2.32. The summed E-state index contributed by atoms with van der Waals surface area (Å²) in [5, 5.41) is 10.1. The van der Waals surface area contributed by atoms with Gasteiger partial charge < -0.3 is 15.1 Å². The molecule has 1 unspecified atom stereocenters. The van der Waals surface area contributed by atoms with Gasteiger partial charge in [0.2, 0.25) is 0 Å². The first-order valence-electron chi connectivity index (χ1n) is 11.1. The molecule has 9 nitrogen and oxygen atoms in total. The Labute approximate surface area is 177 Å². The molecule has 0 radical (unpaired) electrons. The predicted octanol–water partition coefficient (Wildman–Crippen LogP) is 1.29. The molecule has 3 aliphatic rings. The molecule has 2 N–H and O–H groups in total. The summed E-state index contributed by atoms with van der Waals surface area (Å²) in [4.78, 5) is 44.4. The van der Waals surface area contributed by atoms with Gasteiger partial charge in [0, 0.05) is 37.4 Å². The Balaban J connectivity index is 1.43. The molecular formula is C21H32N6O3. The Hall–Kier alpha value is -2.42. The second-order valence-electron chi connectivity index (χ2n) is 8.75. The second kappa shape index (κ2) is 8.02. The molecule has 4 heterocycles. The summed E-state index contributed by atoms with van der Waals surface area (Å²) in [5.74, 6) is -0.257. The highest BCUT2D eigenvalue weighted by atomic mass is 16.2. The van der Waals surface area contributed by atoms with E-state index in [-0.39, 0.29) is 23.9 Å². The van der Waals surface area contributed by atoms with Crippen molar-refractivity contribution in [1.82, 2.24) is 30.2 Å². The SMILES string of the molecule is CCCN1CCC2(CC1)NC(=O)N(C1CCN(C(=O)c3n[nH]c(CC)c3C)C1)C2=O. The number of carbonyl (C=O) groups excluding carboxylic acids is 3. The third-order valence-corrected chi connectivity index (χ3v) is 6.93. The first kappa shape index (κ1) is 20.8. The largest absolute Gasteiger partial charge is 0.335 e. The third kappa shape index (κ3) is 3.38. The standard InChI is InChI=1S/C21H32N6O3/c1-4-9-25-11-7-21(8-12-25)19(29)27(20(30)22-21)15-6-10-26(13-15)18(28)17-14(3)16(5-2)23-24-17/h15H,4-13H2,1-3H3,(H,22,30)(H,23,24). The molecule has 3 fully saturated rings. The zero-order valence-corrected chi connectivity index (χ0v) is 18.2. The van der Waals surface area contributed by atoms with Gasteiger partial charge >= 0.3 is 6.03 Å². The number of amides is 4. The lowest BCUT2D eigenvalue weighted by Crippen LogP contribution is -2.55. The van der Waals surface area contributed by atoms with Gasteiger partial charge in [-0.2, -0.15) is 5.10 Å². The monoisotopic (exact) mass is 416 g/mol. The van der Waals surface area contributed by atoms with Crippen molar-refractivity contribution in [3.8, 4) is 0 Å². The molecule has 30 heavy (non-hydrogen) atoms. The van der Waals surface area contributed by atoms with E-state index in [2.05, 4.69) is 27.3 Å². The van der Waals surface area contributed by atoms with E-state index in [1.54, 1.807) is 4.90 Å². The number of piperidine rings is 1. The molecule has 164 valence electrons. The van der Waals surface area contributed by atoms with E-state index in [1.807, 2.05) is 13.8 Å². The molecule has 9 heteroatoms. The fourth-order valence-corrected chi connectivity index (χ4v) is 5.06. The topological polar surface area (TPSA) is 102 Å². The van der Waals surface area contributed by atoms with Gasteiger partial charge in [0.1, 0.15) is 5.54 Å². The van der Waals surface area contributed by atoms with Gasteiger partial charge in [-0.3, -0.25) is 19.6 Å². The number of likely N-dealkylation sites (tertiary alicyclic amines) is 2. The van der Waals surface area contributed by atoms with Crippen molar-refractivity contribution in [2.75, 3.05) is 32.7 Å². The predicted molar refractivity (Wildman–Crippen MR) is 111 cm³/mol. The van der Waals surface area contributed by atoms with E-state index < -0.39 is 5.54 Å². The minimum absolute atomic E-state index is 0.118. The van der Waals surface area contributed by atoms with Crippen molar-refractivity contribution in [2.24, 2.45) is 0 Å². The first-order chi connectivity index (χ1) is 14.4. The van der Waals surface area contributed by atoms with Gasteiger partial charge in [0.15, 0.2) is 5.69 Å². The lowest BCUT2D eigenvalue weighted by atomic mass is 9.87. The maximum atomic E-state index is 13.3. The third-order valence-electron chi connectivity index (χ3n) is 6.93. The molecular weight excluding hydrogens is 384 g/mol. The molecule has 0 saturated carbocycles. The maximum absolute atomic E-state index is 13.3. The zero-order valence-electron chi connectivity index (χ0n) is 18.2. The first-order valence-corrected chi connectivity index (χ1v) is 11.1. The van der Waals surface area contributed by atoms with Crippen molar-refractivity contribution in [2.45, 2.75) is 64.5 Å². The van der Waals surface area contributed by atoms with Gasteiger partial charge in [-0.25, -0.2) is 4.79 Å². The van der Waals surface area contributed by atoms with Crippen LogP contribution in [0, 0.1) is 6.92 Å². The van der Waals surface area contributed by atoms with Gasteiger partial charge in [-0.1, -0.05) is 13.8 Å². The summed E-state index contributed by atoms with van der Waals surface area (Å²) in [7, 11) is 0. The van der Waals surface area contributed by atoms with Crippen LogP contribution in [0.3, 0.4) is 0 Å². The second-order valence-corrected chi connectivity index (χ2v) is 8.75. The number of aryl methyl sites for hydroxylation is 1. The molecule has 4 amide bonds. The minimum atomic E-state index is -0.770. The van der Waals surface area contributed by atoms with Crippen LogP contribution in [0.25, 0.3) is 0 Å². The van der Waals surface area contributed by atoms with Crippen molar-refractivity contribution < 1.29 is 14.4 Å². The normalized spacial score (nSPS) is 24.2. The average molecular weight is 417 g/mol. The summed E-state index contributed by atoms with van der Waals surface area (Å²) >= 11 is 0. The molecule has 4 rings (SSSR count). The molecule has 0 bridgehead atoms. The molecule has 1 spiro atoms. The number of H-pyrrole nitrogens is 1. The van der Waals surface area contributed by atoms with Crippen LogP contribution in [-0.2, 0) is 11.2 Å². The number of aromatic nitrogens is 2. The summed E-state index contributed by atoms with van der Waals surface area (Å²) in [6.07, 6.45) is 3.77. The number of aromatic amines is 1. The number of nitrogens with zero attached hydrogens (tertiary/aromatic N) is 4. The molecule has 1 aromatic heterocycles. The number of hydrogen-bond donors (Lipinski definition) is 2. The van der Waals surface area contributed by atoms with Crippen LogP contribution in [0.5, 0.6) is 0 Å². The van der Waals surface area contributed by atoms with Crippen LogP contribution in [0.15, 0.2) is 0 Å². The number of nitrogens with one attached hydrogen (secondary N) is 2.